The van der Waals surface area contributed by atoms with Crippen LogP contribution in [0.1, 0.15) is 37.0 Å². The Hall–Kier alpha value is -2.07. The van der Waals surface area contributed by atoms with Crippen LogP contribution in [0.25, 0.3) is 10.8 Å². The quantitative estimate of drug-likeness (QED) is 0.900. The van der Waals surface area contributed by atoms with Gasteiger partial charge < -0.3 is 14.7 Å². The summed E-state index contributed by atoms with van der Waals surface area (Å²) >= 11 is 0. The second-order valence-corrected chi connectivity index (χ2v) is 7.04. The van der Waals surface area contributed by atoms with Crippen LogP contribution < -0.4 is 4.74 Å². The second-order valence-electron chi connectivity index (χ2n) is 7.04. The maximum absolute atomic E-state index is 11.0. The molecule has 1 saturated heterocycles. The van der Waals surface area contributed by atoms with E-state index in [2.05, 4.69) is 18.7 Å². The summed E-state index contributed by atoms with van der Waals surface area (Å²) in [6.07, 6.45) is 2.38. The molecule has 0 radical (unpaired) electrons. The van der Waals surface area contributed by atoms with Gasteiger partial charge in [-0.2, -0.15) is 0 Å². The standard InChI is InChI=1S/C20H25NO3/c1-14(2)13-21-9-7-18(8-10-21)24-19-6-5-15-11-17(20(22)23)4-3-16(15)12-19/h3-6,11-12,14,18H,7-10,13H2,1-2H3,(H,22,23). The third kappa shape index (κ3) is 4.06. The largest absolute Gasteiger partial charge is 0.490 e. The molecule has 0 saturated carbocycles. The van der Waals surface area contributed by atoms with E-state index < -0.39 is 5.97 Å². The number of piperidine rings is 1. The van der Waals surface area contributed by atoms with Gasteiger partial charge in [0.25, 0.3) is 0 Å². The van der Waals surface area contributed by atoms with Gasteiger partial charge in [0.05, 0.1) is 5.56 Å². The molecule has 0 aliphatic carbocycles. The van der Waals surface area contributed by atoms with Gasteiger partial charge in [-0.25, -0.2) is 4.79 Å². The number of fused-ring (bicyclic) bond motifs is 1. The van der Waals surface area contributed by atoms with Crippen LogP contribution in [0, 0.1) is 5.92 Å². The van der Waals surface area contributed by atoms with E-state index in [1.807, 2.05) is 24.3 Å². The Kier molecular flexibility index (Phi) is 5.05. The number of carboxylic acid groups (broad SMARTS) is 1. The first-order chi connectivity index (χ1) is 11.5. The SMILES string of the molecule is CC(C)CN1CCC(Oc2ccc3cc(C(=O)O)ccc3c2)CC1. The molecule has 4 heteroatoms. The molecule has 0 aromatic heterocycles. The second kappa shape index (κ2) is 7.22. The number of ether oxygens (including phenoxy) is 1. The molecule has 1 fully saturated rings. The average Bonchev–Trinajstić information content (AvgIpc) is 2.55. The lowest BCUT2D eigenvalue weighted by atomic mass is 10.1. The Morgan fingerprint density at radius 1 is 1.17 bits per heavy atom. The van der Waals surface area contributed by atoms with E-state index >= 15 is 0 Å². The third-order valence-electron chi connectivity index (χ3n) is 4.52. The van der Waals surface area contributed by atoms with E-state index in [0.717, 1.165) is 49.0 Å². The van der Waals surface area contributed by atoms with E-state index in [0.29, 0.717) is 11.5 Å². The van der Waals surface area contributed by atoms with Crippen LogP contribution in [0.15, 0.2) is 36.4 Å². The van der Waals surface area contributed by atoms with Gasteiger partial charge in [0.15, 0.2) is 0 Å². The molecule has 1 N–H and O–H groups in total. The highest BCUT2D eigenvalue weighted by atomic mass is 16.5. The lowest BCUT2D eigenvalue weighted by molar-refractivity contribution is 0.0697. The summed E-state index contributed by atoms with van der Waals surface area (Å²) in [5, 5.41) is 11.0. The zero-order valence-corrected chi connectivity index (χ0v) is 14.4. The third-order valence-corrected chi connectivity index (χ3v) is 4.52. The van der Waals surface area contributed by atoms with Crippen LogP contribution in [0.5, 0.6) is 5.75 Å². The molecule has 24 heavy (non-hydrogen) atoms. The van der Waals surface area contributed by atoms with Crippen LogP contribution in [0.2, 0.25) is 0 Å². The van der Waals surface area contributed by atoms with Crippen LogP contribution in [0.3, 0.4) is 0 Å². The maximum atomic E-state index is 11.0. The Morgan fingerprint density at radius 2 is 1.83 bits per heavy atom. The summed E-state index contributed by atoms with van der Waals surface area (Å²) in [4.78, 5) is 13.6. The minimum absolute atomic E-state index is 0.268. The predicted molar refractivity (Wildman–Crippen MR) is 95.8 cm³/mol. The minimum Gasteiger partial charge on any atom is -0.490 e. The molecule has 1 heterocycles. The van der Waals surface area contributed by atoms with E-state index in [1.165, 1.54) is 0 Å². The zero-order chi connectivity index (χ0) is 17.1. The Bertz CT molecular complexity index is 718. The van der Waals surface area contributed by atoms with Gasteiger partial charge in [0, 0.05) is 19.6 Å². The van der Waals surface area contributed by atoms with Crippen LogP contribution in [-0.4, -0.2) is 41.7 Å². The fourth-order valence-electron chi connectivity index (χ4n) is 3.35. The normalized spacial score (nSPS) is 16.6. The smallest absolute Gasteiger partial charge is 0.335 e. The van der Waals surface area contributed by atoms with Gasteiger partial charge in [0.2, 0.25) is 0 Å². The highest BCUT2D eigenvalue weighted by molar-refractivity contribution is 5.94. The topological polar surface area (TPSA) is 49.8 Å². The van der Waals surface area contributed by atoms with E-state index in [4.69, 9.17) is 9.84 Å². The van der Waals surface area contributed by atoms with Gasteiger partial charge in [0.1, 0.15) is 11.9 Å². The first-order valence-electron chi connectivity index (χ1n) is 8.67. The Balaban J connectivity index is 1.64. The van der Waals surface area contributed by atoms with Crippen molar-refractivity contribution in [3.05, 3.63) is 42.0 Å². The Labute approximate surface area is 143 Å². The van der Waals surface area contributed by atoms with Crippen molar-refractivity contribution in [3.63, 3.8) is 0 Å². The first-order valence-corrected chi connectivity index (χ1v) is 8.67. The number of benzene rings is 2. The number of nitrogens with zero attached hydrogens (tertiary/aromatic N) is 1. The minimum atomic E-state index is -0.898. The van der Waals surface area contributed by atoms with Crippen molar-refractivity contribution < 1.29 is 14.6 Å². The number of hydrogen-bond donors (Lipinski definition) is 1. The van der Waals surface area contributed by atoms with Crippen molar-refractivity contribution in [2.24, 2.45) is 5.92 Å². The van der Waals surface area contributed by atoms with Gasteiger partial charge in [-0.05, 0) is 53.8 Å². The highest BCUT2D eigenvalue weighted by Crippen LogP contribution is 2.25. The summed E-state index contributed by atoms with van der Waals surface area (Å²) in [5.74, 6) is 0.678. The van der Waals surface area contributed by atoms with Crippen LogP contribution >= 0.6 is 0 Å². The Morgan fingerprint density at radius 3 is 2.50 bits per heavy atom. The van der Waals surface area contributed by atoms with Gasteiger partial charge >= 0.3 is 5.97 Å². The summed E-state index contributed by atoms with van der Waals surface area (Å²) in [5.41, 5.74) is 0.314. The fraction of sp³-hybridized carbons (Fsp3) is 0.450. The molecule has 2 aromatic carbocycles. The fourth-order valence-corrected chi connectivity index (χ4v) is 3.35. The number of aromatic carboxylic acids is 1. The summed E-state index contributed by atoms with van der Waals surface area (Å²) in [7, 11) is 0. The molecule has 4 nitrogen and oxygen atoms in total. The number of rotatable bonds is 5. The van der Waals surface area contributed by atoms with Crippen molar-refractivity contribution in [2.75, 3.05) is 19.6 Å². The molecular formula is C20H25NO3. The van der Waals surface area contributed by atoms with Crippen LogP contribution in [0.4, 0.5) is 0 Å². The number of carbonyl (C=O) groups is 1. The number of hydrogen-bond acceptors (Lipinski definition) is 3. The number of likely N-dealkylation sites (tertiary alicyclic amines) is 1. The summed E-state index contributed by atoms with van der Waals surface area (Å²) in [6.45, 7) is 7.87. The molecule has 0 unspecified atom stereocenters. The summed E-state index contributed by atoms with van der Waals surface area (Å²) in [6, 6.07) is 11.1. The molecule has 128 valence electrons. The average molecular weight is 327 g/mol. The van der Waals surface area contributed by atoms with Gasteiger partial charge in [-0.3, -0.25) is 0 Å². The molecular weight excluding hydrogens is 302 g/mol. The predicted octanol–water partition coefficient (Wildman–Crippen LogP) is 4.04. The first kappa shape index (κ1) is 16.8. The van der Waals surface area contributed by atoms with Crippen molar-refractivity contribution in [1.82, 2.24) is 4.90 Å². The lowest BCUT2D eigenvalue weighted by Gasteiger charge is -2.33. The molecule has 0 bridgehead atoms. The maximum Gasteiger partial charge on any atom is 0.335 e. The monoisotopic (exact) mass is 327 g/mol. The molecule has 0 amide bonds. The molecule has 3 rings (SSSR count). The van der Waals surface area contributed by atoms with E-state index in [-0.39, 0.29) is 6.10 Å². The lowest BCUT2D eigenvalue weighted by Crippen LogP contribution is -2.39. The number of carboxylic acids is 1. The zero-order valence-electron chi connectivity index (χ0n) is 14.4. The van der Waals surface area contributed by atoms with Crippen molar-refractivity contribution in [3.8, 4) is 5.75 Å². The van der Waals surface area contributed by atoms with Gasteiger partial charge in [-0.15, -0.1) is 0 Å². The van der Waals surface area contributed by atoms with Crippen molar-refractivity contribution in [2.45, 2.75) is 32.8 Å². The molecule has 2 aromatic rings. The highest BCUT2D eigenvalue weighted by Gasteiger charge is 2.21. The summed E-state index contributed by atoms with van der Waals surface area (Å²) < 4.78 is 6.15. The molecule has 0 spiro atoms. The molecule has 0 atom stereocenters. The van der Waals surface area contributed by atoms with Crippen molar-refractivity contribution >= 4 is 16.7 Å². The van der Waals surface area contributed by atoms with Crippen LogP contribution in [-0.2, 0) is 0 Å². The van der Waals surface area contributed by atoms with Gasteiger partial charge in [-0.1, -0.05) is 26.0 Å². The molecule has 1 aliphatic heterocycles. The molecule has 1 aliphatic rings. The van der Waals surface area contributed by atoms with E-state index in [9.17, 15) is 4.79 Å². The van der Waals surface area contributed by atoms with Crippen molar-refractivity contribution in [1.29, 1.82) is 0 Å². The van der Waals surface area contributed by atoms with E-state index in [1.54, 1.807) is 12.1 Å².